The van der Waals surface area contributed by atoms with Gasteiger partial charge in [-0.3, -0.25) is 0 Å². The molecule has 0 spiro atoms. The maximum Gasteiger partial charge on any atom is 0.330 e. The molecule has 238 valence electrons. The Kier molecular flexibility index (Phi) is 8.92. The van der Waals surface area contributed by atoms with Crippen LogP contribution >= 0.6 is 0 Å². The first-order valence-electron chi connectivity index (χ1n) is 13.5. The van der Waals surface area contributed by atoms with Crippen LogP contribution in [0.2, 0.25) is 0 Å². The number of aliphatic hydroxyl groups is 3. The predicted molar refractivity (Wildman–Crippen MR) is 153 cm³/mol. The number of rotatable bonds is 8. The van der Waals surface area contributed by atoms with Crippen molar-refractivity contribution in [2.45, 2.75) is 36.8 Å². The Morgan fingerprint density at radius 2 is 1.62 bits per heavy atom. The maximum absolute atomic E-state index is 12.3. The summed E-state index contributed by atoms with van der Waals surface area (Å²) in [6.45, 7) is -0.564. The van der Waals surface area contributed by atoms with Crippen LogP contribution in [0.5, 0.6) is 40.2 Å². The van der Waals surface area contributed by atoms with Gasteiger partial charge in [0.2, 0.25) is 6.29 Å². The van der Waals surface area contributed by atoms with Gasteiger partial charge < -0.3 is 64.5 Å². The van der Waals surface area contributed by atoms with E-state index in [1.807, 2.05) is 0 Å². The van der Waals surface area contributed by atoms with Gasteiger partial charge in [0.25, 0.3) is 0 Å². The Labute approximate surface area is 255 Å². The normalized spacial score (nSPS) is 24.3. The summed E-state index contributed by atoms with van der Waals surface area (Å²) in [5, 5.41) is 81.3. The molecule has 5 rings (SSSR count). The van der Waals surface area contributed by atoms with Crippen molar-refractivity contribution in [2.75, 3.05) is 13.7 Å². The number of methoxy groups -OCH3 is 1. The summed E-state index contributed by atoms with van der Waals surface area (Å²) in [5.41, 5.74) is 0.888. The van der Waals surface area contributed by atoms with Gasteiger partial charge in [-0.05, 0) is 42.0 Å². The van der Waals surface area contributed by atoms with Crippen LogP contribution in [0.1, 0.15) is 22.8 Å². The third kappa shape index (κ3) is 6.68. The first-order chi connectivity index (χ1) is 21.4. The molecule has 1 fully saturated rings. The van der Waals surface area contributed by atoms with E-state index in [1.165, 1.54) is 61.7 Å². The van der Waals surface area contributed by atoms with Gasteiger partial charge in [0.15, 0.2) is 29.1 Å². The molecule has 3 aromatic carbocycles. The van der Waals surface area contributed by atoms with Gasteiger partial charge in [0.1, 0.15) is 54.0 Å². The molecule has 2 aliphatic heterocycles. The van der Waals surface area contributed by atoms with Crippen molar-refractivity contribution < 1.29 is 69.3 Å². The highest BCUT2D eigenvalue weighted by Gasteiger charge is 2.46. The van der Waals surface area contributed by atoms with E-state index in [0.29, 0.717) is 11.1 Å². The average Bonchev–Trinajstić information content (AvgIpc) is 3.01. The number of esters is 1. The second-order valence-electron chi connectivity index (χ2n) is 10.2. The van der Waals surface area contributed by atoms with Crippen molar-refractivity contribution in [1.82, 2.24) is 0 Å². The molecule has 6 atom stereocenters. The fraction of sp³-hybridized carbons (Fsp3) is 0.258. The van der Waals surface area contributed by atoms with E-state index < -0.39 is 49.4 Å². The number of phenols is 5. The van der Waals surface area contributed by atoms with E-state index in [-0.39, 0.29) is 51.6 Å². The molecule has 8 N–H and O–H groups in total. The molecule has 2 heterocycles. The number of ether oxygens (including phenoxy) is 5. The molecule has 14 heteroatoms. The Bertz CT molecular complexity index is 1630. The van der Waals surface area contributed by atoms with Crippen LogP contribution in [-0.4, -0.2) is 91.2 Å². The molecule has 3 aromatic rings. The van der Waals surface area contributed by atoms with Crippen molar-refractivity contribution in [1.29, 1.82) is 0 Å². The van der Waals surface area contributed by atoms with Gasteiger partial charge in [-0.2, -0.15) is 0 Å². The second kappa shape index (κ2) is 12.8. The fourth-order valence-corrected chi connectivity index (χ4v) is 4.74. The summed E-state index contributed by atoms with van der Waals surface area (Å²) in [7, 11) is 1.35. The van der Waals surface area contributed by atoms with Crippen LogP contribution in [0, 0.1) is 0 Å². The number of aliphatic hydroxyl groups excluding tert-OH is 3. The highest BCUT2D eigenvalue weighted by atomic mass is 16.7. The van der Waals surface area contributed by atoms with Crippen LogP contribution < -0.4 is 9.47 Å². The smallest absolute Gasteiger partial charge is 0.330 e. The summed E-state index contributed by atoms with van der Waals surface area (Å²) in [6, 6.07) is 10.5. The van der Waals surface area contributed by atoms with Crippen molar-refractivity contribution in [3.8, 4) is 40.2 Å². The Morgan fingerprint density at radius 1 is 0.867 bits per heavy atom. The third-order valence-electron chi connectivity index (χ3n) is 7.12. The lowest BCUT2D eigenvalue weighted by Gasteiger charge is -2.41. The fourth-order valence-electron chi connectivity index (χ4n) is 4.74. The zero-order chi connectivity index (χ0) is 32.4. The molecule has 0 amide bonds. The van der Waals surface area contributed by atoms with Gasteiger partial charge in [0, 0.05) is 23.8 Å². The highest BCUT2D eigenvalue weighted by molar-refractivity contribution is 5.87. The van der Waals surface area contributed by atoms with Crippen LogP contribution in [0.15, 0.2) is 60.4 Å². The summed E-state index contributed by atoms with van der Waals surface area (Å²) < 4.78 is 28.0. The van der Waals surface area contributed by atoms with E-state index in [0.717, 1.165) is 12.1 Å². The summed E-state index contributed by atoms with van der Waals surface area (Å²) in [5.74, 6) is -2.22. The summed E-state index contributed by atoms with van der Waals surface area (Å²) >= 11 is 0. The van der Waals surface area contributed by atoms with Gasteiger partial charge in [-0.25, -0.2) is 4.79 Å². The van der Waals surface area contributed by atoms with Crippen LogP contribution in [0.3, 0.4) is 0 Å². The summed E-state index contributed by atoms with van der Waals surface area (Å²) in [6.07, 6.45) is -5.67. The first-order valence-corrected chi connectivity index (χ1v) is 13.5. The van der Waals surface area contributed by atoms with E-state index in [4.69, 9.17) is 23.7 Å². The van der Waals surface area contributed by atoms with Crippen LogP contribution in [0.4, 0.5) is 0 Å². The molecule has 0 radical (unpaired) electrons. The number of hydrogen-bond acceptors (Lipinski definition) is 14. The molecular formula is C31H30O14. The van der Waals surface area contributed by atoms with E-state index >= 15 is 0 Å². The third-order valence-corrected chi connectivity index (χ3v) is 7.12. The van der Waals surface area contributed by atoms with E-state index in [1.54, 1.807) is 0 Å². The minimum absolute atomic E-state index is 0.0419. The quantitative estimate of drug-likeness (QED) is 0.101. The minimum Gasteiger partial charge on any atom is -0.508 e. The van der Waals surface area contributed by atoms with Crippen molar-refractivity contribution in [3.05, 3.63) is 77.1 Å². The number of fused-ring (bicyclic) bond motifs is 1. The minimum atomic E-state index is -1.79. The zero-order valence-electron chi connectivity index (χ0n) is 23.5. The van der Waals surface area contributed by atoms with E-state index in [9.17, 15) is 45.6 Å². The molecule has 0 aliphatic carbocycles. The predicted octanol–water partition coefficient (Wildman–Crippen LogP) is 1.78. The SMILES string of the molecule is COc1cc(C2Oc3cc(O)cc(O)c3C=C2OC2OC(COC(=O)C=Cc3ccc(O)c(O)c3)C(O)C(O)C2O)ccc1O. The lowest BCUT2D eigenvalue weighted by atomic mass is 9.98. The van der Waals surface area contributed by atoms with Crippen molar-refractivity contribution >= 4 is 18.1 Å². The molecular weight excluding hydrogens is 596 g/mol. The van der Waals surface area contributed by atoms with Crippen LogP contribution in [-0.2, 0) is 19.0 Å². The largest absolute Gasteiger partial charge is 0.508 e. The molecule has 14 nitrogen and oxygen atoms in total. The first kappa shape index (κ1) is 31.3. The lowest BCUT2D eigenvalue weighted by Crippen LogP contribution is -2.59. The van der Waals surface area contributed by atoms with Crippen molar-refractivity contribution in [3.63, 3.8) is 0 Å². The van der Waals surface area contributed by atoms with Gasteiger partial charge in [-0.15, -0.1) is 0 Å². The lowest BCUT2D eigenvalue weighted by molar-refractivity contribution is -0.294. The monoisotopic (exact) mass is 626 g/mol. The van der Waals surface area contributed by atoms with Gasteiger partial charge >= 0.3 is 5.97 Å². The molecule has 0 bridgehead atoms. The topological polar surface area (TPSA) is 225 Å². The number of carbonyl (C=O) groups is 1. The second-order valence-corrected chi connectivity index (χ2v) is 10.2. The number of hydrogen-bond donors (Lipinski definition) is 8. The number of carbonyl (C=O) groups excluding carboxylic acids is 1. The Hall–Kier alpha value is -5.15. The zero-order valence-corrected chi connectivity index (χ0v) is 23.5. The number of phenolic OH excluding ortho intramolecular Hbond substituents is 5. The molecule has 2 aliphatic rings. The Balaban J connectivity index is 1.36. The standard InChI is InChI=1S/C31H30O14/c1-41-23-9-15(4-6-19(23)34)30-24(12-17-20(35)10-16(32)11-22(17)43-30)44-31-29(40)28(39)27(38)25(45-31)13-42-26(37)7-3-14-2-5-18(33)21(36)8-14/h2-12,25,27-36,38-40H,13H2,1H3. The molecule has 0 aromatic heterocycles. The van der Waals surface area contributed by atoms with Gasteiger partial charge in [0.05, 0.1) is 12.7 Å². The molecule has 45 heavy (non-hydrogen) atoms. The molecule has 0 saturated carbocycles. The number of benzene rings is 3. The van der Waals surface area contributed by atoms with Crippen molar-refractivity contribution in [2.24, 2.45) is 0 Å². The van der Waals surface area contributed by atoms with Crippen LogP contribution in [0.25, 0.3) is 12.2 Å². The average molecular weight is 627 g/mol. The van der Waals surface area contributed by atoms with Gasteiger partial charge in [-0.1, -0.05) is 12.1 Å². The number of aromatic hydroxyl groups is 5. The maximum atomic E-state index is 12.3. The Morgan fingerprint density at radius 3 is 2.36 bits per heavy atom. The summed E-state index contributed by atoms with van der Waals surface area (Å²) in [4.78, 5) is 12.3. The molecule has 1 saturated heterocycles. The molecule has 6 unspecified atom stereocenters. The van der Waals surface area contributed by atoms with E-state index in [2.05, 4.69) is 0 Å². The highest BCUT2D eigenvalue weighted by Crippen LogP contribution is 2.45.